The second kappa shape index (κ2) is 7.14. The lowest BCUT2D eigenvalue weighted by Gasteiger charge is -2.34. The minimum Gasteiger partial charge on any atom is -0.397 e. The molecule has 1 amide bonds. The number of hydrogen-bond acceptors (Lipinski definition) is 3. The van der Waals surface area contributed by atoms with E-state index in [1.807, 2.05) is 14.0 Å². The summed E-state index contributed by atoms with van der Waals surface area (Å²) in [7, 11) is 2.03. The van der Waals surface area contributed by atoms with E-state index in [1.54, 1.807) is 18.2 Å². The van der Waals surface area contributed by atoms with Crippen LogP contribution in [0.3, 0.4) is 0 Å². The molecule has 1 aliphatic carbocycles. The smallest absolute Gasteiger partial charge is 0.241 e. The second-order valence-electron chi connectivity index (χ2n) is 5.85. The molecule has 0 spiro atoms. The highest BCUT2D eigenvalue weighted by Gasteiger charge is 2.26. The highest BCUT2D eigenvalue weighted by atomic mass is 35.5. The zero-order valence-electron chi connectivity index (χ0n) is 12.7. The van der Waals surface area contributed by atoms with E-state index in [0.29, 0.717) is 22.4 Å². The summed E-state index contributed by atoms with van der Waals surface area (Å²) in [6.07, 6.45) is 6.17. The summed E-state index contributed by atoms with van der Waals surface area (Å²) in [5.41, 5.74) is 6.98. The molecule has 4 nitrogen and oxygen atoms in total. The van der Waals surface area contributed by atoms with Crippen molar-refractivity contribution in [3.05, 3.63) is 23.2 Å². The third-order valence-corrected chi connectivity index (χ3v) is 4.65. The van der Waals surface area contributed by atoms with E-state index in [-0.39, 0.29) is 11.9 Å². The van der Waals surface area contributed by atoms with Crippen LogP contribution in [0.1, 0.15) is 39.0 Å². The topological polar surface area (TPSA) is 58.4 Å². The molecule has 1 unspecified atom stereocenters. The predicted molar refractivity (Wildman–Crippen MR) is 88.6 cm³/mol. The molecule has 21 heavy (non-hydrogen) atoms. The van der Waals surface area contributed by atoms with E-state index in [0.717, 1.165) is 0 Å². The van der Waals surface area contributed by atoms with Gasteiger partial charge in [-0.2, -0.15) is 0 Å². The highest BCUT2D eigenvalue weighted by molar-refractivity contribution is 6.31. The van der Waals surface area contributed by atoms with E-state index >= 15 is 0 Å². The first-order chi connectivity index (χ1) is 9.99. The molecule has 0 heterocycles. The molecule has 1 saturated carbocycles. The number of likely N-dealkylation sites (N-methyl/N-ethyl adjacent to an activating group) is 1. The van der Waals surface area contributed by atoms with Gasteiger partial charge in [0.2, 0.25) is 5.91 Å². The summed E-state index contributed by atoms with van der Waals surface area (Å²) in [5, 5.41) is 3.44. The summed E-state index contributed by atoms with van der Waals surface area (Å²) in [6.45, 7) is 1.94. The van der Waals surface area contributed by atoms with E-state index < -0.39 is 0 Å². The molecule has 0 bridgehead atoms. The Bertz CT molecular complexity index is 500. The third kappa shape index (κ3) is 4.11. The Labute approximate surface area is 131 Å². The van der Waals surface area contributed by atoms with Crippen molar-refractivity contribution in [1.82, 2.24) is 4.90 Å². The lowest BCUT2D eigenvalue weighted by Crippen LogP contribution is -2.46. The normalized spacial score (nSPS) is 17.7. The monoisotopic (exact) mass is 309 g/mol. The number of anilines is 2. The van der Waals surface area contributed by atoms with Crippen molar-refractivity contribution in [2.24, 2.45) is 0 Å². The molecule has 0 saturated heterocycles. The number of nitrogens with one attached hydrogen (secondary N) is 1. The second-order valence-corrected chi connectivity index (χ2v) is 6.29. The van der Waals surface area contributed by atoms with Gasteiger partial charge in [-0.25, -0.2) is 0 Å². The van der Waals surface area contributed by atoms with Crippen molar-refractivity contribution in [2.45, 2.75) is 51.1 Å². The Morgan fingerprint density at radius 1 is 1.38 bits per heavy atom. The van der Waals surface area contributed by atoms with E-state index in [2.05, 4.69) is 10.2 Å². The number of halogens is 1. The molecule has 2 rings (SSSR count). The maximum Gasteiger partial charge on any atom is 0.241 e. The van der Waals surface area contributed by atoms with Crippen LogP contribution in [0, 0.1) is 0 Å². The Kier molecular flexibility index (Phi) is 5.48. The van der Waals surface area contributed by atoms with Gasteiger partial charge in [0.15, 0.2) is 0 Å². The molecule has 1 aromatic rings. The Hall–Kier alpha value is -1.26. The van der Waals surface area contributed by atoms with E-state index in [9.17, 15) is 4.79 Å². The number of nitrogen functional groups attached to an aromatic ring is 1. The number of carbonyl (C=O) groups is 1. The van der Waals surface area contributed by atoms with Crippen LogP contribution in [0.5, 0.6) is 0 Å². The molecule has 5 heteroatoms. The largest absolute Gasteiger partial charge is 0.397 e. The minimum absolute atomic E-state index is 0.0444. The van der Waals surface area contributed by atoms with Gasteiger partial charge in [0, 0.05) is 11.1 Å². The molecule has 0 aromatic heterocycles. The van der Waals surface area contributed by atoms with Crippen LogP contribution in [-0.2, 0) is 4.79 Å². The quantitative estimate of drug-likeness (QED) is 0.837. The maximum atomic E-state index is 12.4. The minimum atomic E-state index is -0.188. The van der Waals surface area contributed by atoms with Gasteiger partial charge in [-0.05, 0) is 45.0 Å². The van der Waals surface area contributed by atoms with Gasteiger partial charge in [0.1, 0.15) is 0 Å². The summed E-state index contributed by atoms with van der Waals surface area (Å²) >= 11 is 5.95. The highest BCUT2D eigenvalue weighted by Crippen LogP contribution is 2.25. The summed E-state index contributed by atoms with van der Waals surface area (Å²) in [6, 6.07) is 5.40. The number of carbonyl (C=O) groups excluding carboxylic acids is 1. The van der Waals surface area contributed by atoms with Crippen LogP contribution < -0.4 is 11.1 Å². The number of amides is 1. The Morgan fingerprint density at radius 3 is 2.71 bits per heavy atom. The van der Waals surface area contributed by atoms with Crippen LogP contribution in [0.15, 0.2) is 18.2 Å². The number of benzene rings is 1. The standard InChI is InChI=1S/C16H24ClN3O/c1-11(20(2)13-6-4-3-5-7-13)16(21)19-15-10-12(17)8-9-14(15)18/h8-11,13H,3-7,18H2,1-2H3,(H,19,21). The third-order valence-electron chi connectivity index (χ3n) is 4.41. The molecule has 0 radical (unpaired) electrons. The van der Waals surface area contributed by atoms with Crippen molar-refractivity contribution >= 4 is 28.9 Å². The van der Waals surface area contributed by atoms with Gasteiger partial charge in [0.05, 0.1) is 17.4 Å². The van der Waals surface area contributed by atoms with Crippen LogP contribution in [-0.4, -0.2) is 29.9 Å². The van der Waals surface area contributed by atoms with Gasteiger partial charge < -0.3 is 11.1 Å². The fraction of sp³-hybridized carbons (Fsp3) is 0.562. The molecule has 1 aromatic carbocycles. The lowest BCUT2D eigenvalue weighted by molar-refractivity contribution is -0.121. The SMILES string of the molecule is CC(C(=O)Nc1cc(Cl)ccc1N)N(C)C1CCCCC1. The first-order valence-electron chi connectivity index (χ1n) is 7.57. The van der Waals surface area contributed by atoms with E-state index in [4.69, 9.17) is 17.3 Å². The van der Waals surface area contributed by atoms with Crippen molar-refractivity contribution in [1.29, 1.82) is 0 Å². The van der Waals surface area contributed by atoms with Crippen molar-refractivity contribution in [3.63, 3.8) is 0 Å². The van der Waals surface area contributed by atoms with E-state index in [1.165, 1.54) is 32.1 Å². The fourth-order valence-electron chi connectivity index (χ4n) is 2.86. The maximum absolute atomic E-state index is 12.4. The summed E-state index contributed by atoms with van der Waals surface area (Å²) in [4.78, 5) is 14.6. The van der Waals surface area contributed by atoms with Crippen LogP contribution in [0.25, 0.3) is 0 Å². The molecular weight excluding hydrogens is 286 g/mol. The van der Waals surface area contributed by atoms with Crippen molar-refractivity contribution in [2.75, 3.05) is 18.1 Å². The number of rotatable bonds is 4. The number of nitrogens with zero attached hydrogens (tertiary/aromatic N) is 1. The zero-order valence-corrected chi connectivity index (χ0v) is 13.5. The predicted octanol–water partition coefficient (Wildman–Crippen LogP) is 3.51. The molecule has 1 fully saturated rings. The average Bonchev–Trinajstić information content (AvgIpc) is 2.50. The fourth-order valence-corrected chi connectivity index (χ4v) is 3.04. The van der Waals surface area contributed by atoms with Crippen LogP contribution in [0.4, 0.5) is 11.4 Å². The molecular formula is C16H24ClN3O. The number of hydrogen-bond donors (Lipinski definition) is 2. The average molecular weight is 310 g/mol. The van der Waals surface area contributed by atoms with Gasteiger partial charge in [0.25, 0.3) is 0 Å². The molecule has 116 valence electrons. The molecule has 3 N–H and O–H groups in total. The molecule has 1 atom stereocenters. The van der Waals surface area contributed by atoms with Crippen molar-refractivity contribution < 1.29 is 4.79 Å². The van der Waals surface area contributed by atoms with Crippen LogP contribution >= 0.6 is 11.6 Å². The molecule has 0 aliphatic heterocycles. The van der Waals surface area contributed by atoms with Gasteiger partial charge in [-0.1, -0.05) is 30.9 Å². The van der Waals surface area contributed by atoms with Gasteiger partial charge in [-0.3, -0.25) is 9.69 Å². The zero-order chi connectivity index (χ0) is 15.4. The van der Waals surface area contributed by atoms with Crippen LogP contribution in [0.2, 0.25) is 5.02 Å². The first-order valence-corrected chi connectivity index (χ1v) is 7.94. The lowest BCUT2D eigenvalue weighted by atomic mass is 9.93. The number of nitrogens with two attached hydrogens (primary N) is 1. The van der Waals surface area contributed by atoms with Gasteiger partial charge >= 0.3 is 0 Å². The first kappa shape index (κ1) is 16.1. The summed E-state index contributed by atoms with van der Waals surface area (Å²) < 4.78 is 0. The summed E-state index contributed by atoms with van der Waals surface area (Å²) in [5.74, 6) is -0.0444. The Morgan fingerprint density at radius 2 is 2.05 bits per heavy atom. The van der Waals surface area contributed by atoms with Gasteiger partial charge in [-0.15, -0.1) is 0 Å². The van der Waals surface area contributed by atoms with Crippen molar-refractivity contribution in [3.8, 4) is 0 Å². The molecule has 1 aliphatic rings. The Balaban J connectivity index is 1.99.